The lowest BCUT2D eigenvalue weighted by atomic mass is 10.0. The predicted octanol–water partition coefficient (Wildman–Crippen LogP) is 4.69. The van der Waals surface area contributed by atoms with Gasteiger partial charge in [-0.25, -0.2) is 19.6 Å². The molecule has 0 bridgehead atoms. The number of benzene rings is 2. The van der Waals surface area contributed by atoms with Gasteiger partial charge in [-0.15, -0.1) is 0 Å². The Labute approximate surface area is 171 Å². The summed E-state index contributed by atoms with van der Waals surface area (Å²) in [5.74, 6) is -1.60. The number of hydrogen-bond acceptors (Lipinski definition) is 6. The van der Waals surface area contributed by atoms with Gasteiger partial charge in [-0.3, -0.25) is 0 Å². The van der Waals surface area contributed by atoms with Crippen LogP contribution in [-0.4, -0.2) is 36.1 Å². The number of aromatic nitrogens is 2. The number of ether oxygens (including phenoxy) is 2. The molecule has 0 unspecified atom stereocenters. The molecule has 0 aliphatic rings. The quantitative estimate of drug-likeness (QED) is 0.573. The summed E-state index contributed by atoms with van der Waals surface area (Å²) in [6.07, 6.45) is 0. The molecule has 3 rings (SSSR count). The maximum Gasteiger partial charge on any atom is 0.359 e. The highest BCUT2D eigenvalue weighted by molar-refractivity contribution is 6.31. The van der Waals surface area contributed by atoms with Crippen LogP contribution in [0, 0.1) is 0 Å². The smallest absolute Gasteiger partial charge is 0.359 e. The highest BCUT2D eigenvalue weighted by atomic mass is 35.5. The zero-order chi connectivity index (χ0) is 20.3. The van der Waals surface area contributed by atoms with E-state index < -0.39 is 11.9 Å². The average Bonchev–Trinajstić information content (AvgIpc) is 2.73. The summed E-state index contributed by atoms with van der Waals surface area (Å²) in [5.41, 5.74) is 1.60. The van der Waals surface area contributed by atoms with E-state index in [1.807, 2.05) is 0 Å². The summed E-state index contributed by atoms with van der Waals surface area (Å²) in [7, 11) is 2.39. The minimum Gasteiger partial charge on any atom is -0.464 e. The predicted molar refractivity (Wildman–Crippen MR) is 106 cm³/mol. The second-order valence-corrected chi connectivity index (χ2v) is 6.49. The van der Waals surface area contributed by atoms with Gasteiger partial charge in [0.25, 0.3) is 0 Å². The lowest BCUT2D eigenvalue weighted by Crippen LogP contribution is -2.17. The summed E-state index contributed by atoms with van der Waals surface area (Å²) in [6, 6.07) is 13.7. The molecule has 0 saturated heterocycles. The number of carbonyl (C=O) groups excluding carboxylic acids is 2. The second-order valence-electron chi connectivity index (χ2n) is 5.61. The molecule has 6 nitrogen and oxygen atoms in total. The average molecular weight is 417 g/mol. The van der Waals surface area contributed by atoms with Crippen LogP contribution < -0.4 is 0 Å². The number of halogens is 2. The van der Waals surface area contributed by atoms with E-state index in [9.17, 15) is 9.59 Å². The van der Waals surface area contributed by atoms with Crippen LogP contribution in [0.1, 0.15) is 21.0 Å². The molecule has 8 heteroatoms. The maximum absolute atomic E-state index is 12.2. The van der Waals surface area contributed by atoms with Crippen LogP contribution in [0.25, 0.3) is 22.5 Å². The fourth-order valence-electron chi connectivity index (χ4n) is 2.53. The van der Waals surface area contributed by atoms with Crippen molar-refractivity contribution in [3.05, 3.63) is 70.0 Å². The fourth-order valence-corrected chi connectivity index (χ4v) is 2.78. The third kappa shape index (κ3) is 3.98. The Balaban J connectivity index is 2.33. The molecule has 0 spiro atoms. The fraction of sp³-hybridized carbons (Fsp3) is 0.100. The largest absolute Gasteiger partial charge is 0.464 e. The number of hydrogen-bond donors (Lipinski definition) is 0. The van der Waals surface area contributed by atoms with Crippen LogP contribution in [-0.2, 0) is 9.47 Å². The Morgan fingerprint density at radius 3 is 1.29 bits per heavy atom. The molecule has 0 amide bonds. The van der Waals surface area contributed by atoms with E-state index in [4.69, 9.17) is 32.7 Å². The van der Waals surface area contributed by atoms with Gasteiger partial charge in [-0.1, -0.05) is 47.5 Å². The van der Waals surface area contributed by atoms with Crippen molar-refractivity contribution in [3.8, 4) is 22.5 Å². The lowest BCUT2D eigenvalue weighted by molar-refractivity contribution is 0.0544. The van der Waals surface area contributed by atoms with Crippen LogP contribution >= 0.6 is 23.2 Å². The van der Waals surface area contributed by atoms with Crippen LogP contribution in [0.2, 0.25) is 10.0 Å². The van der Waals surface area contributed by atoms with E-state index in [0.717, 1.165) is 0 Å². The van der Waals surface area contributed by atoms with Crippen molar-refractivity contribution in [1.82, 2.24) is 9.97 Å². The van der Waals surface area contributed by atoms with E-state index in [0.29, 0.717) is 32.6 Å². The maximum atomic E-state index is 12.2. The molecule has 0 radical (unpaired) electrons. The first-order valence-corrected chi connectivity index (χ1v) is 8.80. The first kappa shape index (κ1) is 19.8. The minimum absolute atomic E-state index is 0.239. The van der Waals surface area contributed by atoms with E-state index in [2.05, 4.69) is 9.97 Å². The minimum atomic E-state index is -0.800. The molecule has 0 fully saturated rings. The zero-order valence-electron chi connectivity index (χ0n) is 14.9. The van der Waals surface area contributed by atoms with Crippen LogP contribution in [0.4, 0.5) is 0 Å². The van der Waals surface area contributed by atoms with E-state index in [1.54, 1.807) is 48.5 Å². The van der Waals surface area contributed by atoms with Gasteiger partial charge in [0.1, 0.15) is 0 Å². The highest BCUT2D eigenvalue weighted by Crippen LogP contribution is 2.32. The first-order valence-electron chi connectivity index (χ1n) is 8.05. The van der Waals surface area contributed by atoms with Gasteiger partial charge < -0.3 is 9.47 Å². The summed E-state index contributed by atoms with van der Waals surface area (Å²) >= 11 is 12.0. The van der Waals surface area contributed by atoms with Gasteiger partial charge in [-0.05, 0) is 24.3 Å². The SMILES string of the molecule is COC(=O)c1nc(-c2ccc(Cl)cc2)c(-c2ccc(Cl)cc2)nc1C(=O)OC. The Hall–Kier alpha value is -2.96. The standard InChI is InChI=1S/C20H14Cl2N2O4/c1-27-19(25)17-18(20(26)28-2)24-16(12-5-9-14(22)10-6-12)15(23-17)11-3-7-13(21)8-4-11/h3-10H,1-2H3. The van der Waals surface area contributed by atoms with E-state index in [-0.39, 0.29) is 11.4 Å². The van der Waals surface area contributed by atoms with Crippen molar-refractivity contribution in [2.45, 2.75) is 0 Å². The van der Waals surface area contributed by atoms with E-state index >= 15 is 0 Å². The molecule has 142 valence electrons. The highest BCUT2D eigenvalue weighted by Gasteiger charge is 2.26. The number of nitrogens with zero attached hydrogens (tertiary/aromatic N) is 2. The Kier molecular flexibility index (Phi) is 5.92. The molecule has 0 N–H and O–H groups in total. The summed E-state index contributed by atoms with van der Waals surface area (Å²) in [4.78, 5) is 33.2. The molecule has 3 aromatic rings. The first-order chi connectivity index (χ1) is 13.4. The topological polar surface area (TPSA) is 78.4 Å². The Morgan fingerprint density at radius 2 is 1.00 bits per heavy atom. The second kappa shape index (κ2) is 8.37. The van der Waals surface area contributed by atoms with Gasteiger partial charge >= 0.3 is 11.9 Å². The molecule has 1 heterocycles. The molecular formula is C20H14Cl2N2O4. The van der Waals surface area contributed by atoms with Gasteiger partial charge in [0.15, 0.2) is 11.4 Å². The van der Waals surface area contributed by atoms with Crippen LogP contribution in [0.15, 0.2) is 48.5 Å². The Morgan fingerprint density at radius 1 is 0.679 bits per heavy atom. The molecule has 0 aliphatic heterocycles. The van der Waals surface area contributed by atoms with Crippen molar-refractivity contribution >= 4 is 35.1 Å². The molecule has 0 aliphatic carbocycles. The number of rotatable bonds is 4. The molecule has 0 saturated carbocycles. The van der Waals surface area contributed by atoms with Crippen molar-refractivity contribution < 1.29 is 19.1 Å². The normalized spacial score (nSPS) is 10.4. The summed E-state index contributed by atoms with van der Waals surface area (Å²) in [6.45, 7) is 0. The summed E-state index contributed by atoms with van der Waals surface area (Å²) in [5, 5.41) is 1.09. The van der Waals surface area contributed by atoms with Gasteiger partial charge in [0.05, 0.1) is 25.6 Å². The van der Waals surface area contributed by atoms with Gasteiger partial charge in [0, 0.05) is 21.2 Å². The van der Waals surface area contributed by atoms with Crippen molar-refractivity contribution in [2.24, 2.45) is 0 Å². The lowest BCUT2D eigenvalue weighted by Gasteiger charge is -2.13. The van der Waals surface area contributed by atoms with Gasteiger partial charge in [0.2, 0.25) is 0 Å². The monoisotopic (exact) mass is 416 g/mol. The summed E-state index contributed by atoms with van der Waals surface area (Å²) < 4.78 is 9.51. The molecule has 1 aromatic heterocycles. The number of esters is 2. The van der Waals surface area contributed by atoms with Gasteiger partial charge in [-0.2, -0.15) is 0 Å². The molecular weight excluding hydrogens is 403 g/mol. The zero-order valence-corrected chi connectivity index (χ0v) is 16.4. The van der Waals surface area contributed by atoms with E-state index in [1.165, 1.54) is 14.2 Å². The molecule has 2 aromatic carbocycles. The molecule has 28 heavy (non-hydrogen) atoms. The number of carbonyl (C=O) groups is 2. The van der Waals surface area contributed by atoms with Crippen molar-refractivity contribution in [1.29, 1.82) is 0 Å². The van der Waals surface area contributed by atoms with Crippen molar-refractivity contribution in [3.63, 3.8) is 0 Å². The number of methoxy groups -OCH3 is 2. The van der Waals surface area contributed by atoms with Crippen molar-refractivity contribution in [2.75, 3.05) is 14.2 Å². The Bertz CT molecular complexity index is 951. The molecule has 0 atom stereocenters. The third-order valence-electron chi connectivity index (χ3n) is 3.89. The van der Waals surface area contributed by atoms with Crippen LogP contribution in [0.5, 0.6) is 0 Å². The van der Waals surface area contributed by atoms with Crippen LogP contribution in [0.3, 0.4) is 0 Å². The third-order valence-corrected chi connectivity index (χ3v) is 4.39.